The molecule has 0 aromatic heterocycles. The first-order chi connectivity index (χ1) is 15.9. The molecule has 0 saturated carbocycles. The number of nitrogens with one attached hydrogen (secondary N) is 2. The molecular weight excluding hydrogens is 462 g/mol. The molecule has 1 aliphatic rings. The lowest BCUT2D eigenvalue weighted by Crippen LogP contribution is -2.34. The van der Waals surface area contributed by atoms with Crippen molar-refractivity contribution in [2.75, 3.05) is 16.8 Å². The Labute approximate surface area is 200 Å². The number of ether oxygens (including phenoxy) is 1. The van der Waals surface area contributed by atoms with Gasteiger partial charge in [-0.1, -0.05) is 23.7 Å². The molecular formula is C24H18ClN3O4S. The second kappa shape index (κ2) is 9.40. The minimum atomic E-state index is -0.412. The molecule has 7 nitrogen and oxygen atoms in total. The van der Waals surface area contributed by atoms with E-state index < -0.39 is 17.7 Å². The van der Waals surface area contributed by atoms with Crippen molar-refractivity contribution in [1.29, 1.82) is 0 Å². The Kier molecular flexibility index (Phi) is 6.39. The van der Waals surface area contributed by atoms with Gasteiger partial charge in [-0.15, -0.1) is 0 Å². The molecule has 0 unspecified atom stereocenters. The van der Waals surface area contributed by atoms with Gasteiger partial charge in [0.2, 0.25) is 0 Å². The van der Waals surface area contributed by atoms with E-state index in [-0.39, 0.29) is 10.1 Å². The summed E-state index contributed by atoms with van der Waals surface area (Å²) < 4.78 is 5.36. The minimum Gasteiger partial charge on any atom is -0.494 e. The van der Waals surface area contributed by atoms with Crippen LogP contribution in [-0.4, -0.2) is 29.4 Å². The number of nitrogens with zero attached hydrogens (tertiary/aromatic N) is 1. The lowest BCUT2D eigenvalue weighted by Gasteiger charge is -2.16. The summed E-state index contributed by atoms with van der Waals surface area (Å²) in [7, 11) is 0. The van der Waals surface area contributed by atoms with E-state index >= 15 is 0 Å². The van der Waals surface area contributed by atoms with Crippen LogP contribution >= 0.6 is 23.8 Å². The Balaban J connectivity index is 1.43. The summed E-state index contributed by atoms with van der Waals surface area (Å²) in [6, 6.07) is 17.9. The zero-order valence-electron chi connectivity index (χ0n) is 17.4. The maximum absolute atomic E-state index is 12.7. The summed E-state index contributed by atoms with van der Waals surface area (Å²) >= 11 is 11.6. The number of benzene rings is 3. The highest BCUT2D eigenvalue weighted by Gasteiger charge is 2.36. The molecule has 0 atom stereocenters. The first-order valence-corrected chi connectivity index (χ1v) is 10.8. The van der Waals surface area contributed by atoms with Crippen LogP contribution in [0.1, 0.15) is 38.0 Å². The molecule has 3 amide bonds. The number of rotatable bonds is 5. The Bertz CT molecular complexity index is 1240. The monoisotopic (exact) mass is 479 g/mol. The smallest absolute Gasteiger partial charge is 0.266 e. The van der Waals surface area contributed by atoms with Gasteiger partial charge >= 0.3 is 0 Å². The fourth-order valence-electron chi connectivity index (χ4n) is 3.37. The van der Waals surface area contributed by atoms with E-state index in [1.54, 1.807) is 60.7 Å². The number of thiocarbonyl (C=S) groups is 1. The zero-order valence-corrected chi connectivity index (χ0v) is 19.0. The van der Waals surface area contributed by atoms with Gasteiger partial charge in [-0.3, -0.25) is 19.7 Å². The molecule has 1 aliphatic heterocycles. The van der Waals surface area contributed by atoms with Gasteiger partial charge in [-0.25, -0.2) is 4.90 Å². The number of imide groups is 1. The van der Waals surface area contributed by atoms with E-state index in [9.17, 15) is 14.4 Å². The first-order valence-electron chi connectivity index (χ1n) is 10.0. The highest BCUT2D eigenvalue weighted by atomic mass is 35.5. The summed E-state index contributed by atoms with van der Waals surface area (Å²) in [5, 5.41) is 5.71. The number of fused-ring (bicyclic) bond motifs is 1. The third-order valence-corrected chi connectivity index (χ3v) is 5.42. The highest BCUT2D eigenvalue weighted by molar-refractivity contribution is 7.80. The number of hydrogen-bond donors (Lipinski definition) is 2. The largest absolute Gasteiger partial charge is 0.494 e. The highest BCUT2D eigenvalue weighted by Crippen LogP contribution is 2.32. The quantitative estimate of drug-likeness (QED) is 0.408. The van der Waals surface area contributed by atoms with Crippen molar-refractivity contribution in [3.63, 3.8) is 0 Å². The van der Waals surface area contributed by atoms with E-state index in [1.807, 2.05) is 6.92 Å². The molecule has 33 heavy (non-hydrogen) atoms. The number of carbonyl (C=O) groups is 3. The van der Waals surface area contributed by atoms with Gasteiger partial charge in [0.05, 0.1) is 34.1 Å². The molecule has 0 fully saturated rings. The van der Waals surface area contributed by atoms with Crippen molar-refractivity contribution in [2.45, 2.75) is 6.92 Å². The SMILES string of the molecule is CCOc1ccc(C(=O)NC(=S)Nc2ccc(N3C(=O)c4ccccc4C3=O)cc2Cl)cc1. The second-order valence-electron chi connectivity index (χ2n) is 7.02. The van der Waals surface area contributed by atoms with E-state index in [2.05, 4.69) is 10.6 Å². The fraction of sp³-hybridized carbons (Fsp3) is 0.0833. The van der Waals surface area contributed by atoms with Crippen LogP contribution < -0.4 is 20.3 Å². The maximum atomic E-state index is 12.7. The van der Waals surface area contributed by atoms with Crippen LogP contribution in [0.15, 0.2) is 66.7 Å². The molecule has 0 radical (unpaired) electrons. The predicted molar refractivity (Wildman–Crippen MR) is 130 cm³/mol. The standard InChI is InChI=1S/C24H18ClN3O4S/c1-2-32-16-10-7-14(8-11-16)21(29)27-24(33)26-20-12-9-15(13-19(20)25)28-22(30)17-5-3-4-6-18(17)23(28)31/h3-13H,2H2,1H3,(H2,26,27,29,33). The lowest BCUT2D eigenvalue weighted by atomic mass is 10.1. The van der Waals surface area contributed by atoms with Gasteiger partial charge in [0.15, 0.2) is 5.11 Å². The van der Waals surface area contributed by atoms with Crippen molar-refractivity contribution >= 4 is 58.0 Å². The predicted octanol–water partition coefficient (Wildman–Crippen LogP) is 4.67. The molecule has 0 saturated heterocycles. The van der Waals surface area contributed by atoms with Gasteiger partial charge in [0.1, 0.15) is 5.75 Å². The van der Waals surface area contributed by atoms with Gasteiger partial charge in [0, 0.05) is 5.56 Å². The van der Waals surface area contributed by atoms with Crippen molar-refractivity contribution < 1.29 is 19.1 Å². The minimum absolute atomic E-state index is 0.0456. The molecule has 0 bridgehead atoms. The first kappa shape index (κ1) is 22.4. The lowest BCUT2D eigenvalue weighted by molar-refractivity contribution is 0.0923. The molecule has 0 spiro atoms. The number of anilines is 2. The van der Waals surface area contributed by atoms with Crippen LogP contribution in [0.25, 0.3) is 0 Å². The van der Waals surface area contributed by atoms with Crippen LogP contribution in [0, 0.1) is 0 Å². The van der Waals surface area contributed by atoms with Gasteiger partial charge < -0.3 is 10.1 Å². The van der Waals surface area contributed by atoms with E-state index in [0.717, 1.165) is 4.90 Å². The van der Waals surface area contributed by atoms with E-state index in [1.165, 1.54) is 6.07 Å². The van der Waals surface area contributed by atoms with Crippen molar-refractivity contribution in [2.24, 2.45) is 0 Å². The van der Waals surface area contributed by atoms with Crippen LogP contribution in [0.5, 0.6) is 5.75 Å². The fourth-order valence-corrected chi connectivity index (χ4v) is 3.79. The number of carbonyl (C=O) groups excluding carboxylic acids is 3. The molecule has 3 aromatic rings. The van der Waals surface area contributed by atoms with Gasteiger partial charge in [0.25, 0.3) is 17.7 Å². The van der Waals surface area contributed by atoms with E-state index in [0.29, 0.717) is 40.4 Å². The topological polar surface area (TPSA) is 87.7 Å². The van der Waals surface area contributed by atoms with Crippen LogP contribution in [0.2, 0.25) is 5.02 Å². The molecule has 2 N–H and O–H groups in total. The number of amides is 3. The normalized spacial score (nSPS) is 12.4. The van der Waals surface area contributed by atoms with Gasteiger partial charge in [-0.05, 0) is 73.7 Å². The van der Waals surface area contributed by atoms with Crippen molar-refractivity contribution in [1.82, 2.24) is 5.32 Å². The summed E-state index contributed by atoms with van der Waals surface area (Å²) in [5.41, 5.74) is 1.85. The molecule has 4 rings (SSSR count). The average molecular weight is 480 g/mol. The molecule has 9 heteroatoms. The summed E-state index contributed by atoms with van der Waals surface area (Å²) in [4.78, 5) is 38.8. The van der Waals surface area contributed by atoms with Crippen LogP contribution in [0.4, 0.5) is 11.4 Å². The maximum Gasteiger partial charge on any atom is 0.266 e. The Morgan fingerprint density at radius 2 is 1.64 bits per heavy atom. The summed E-state index contributed by atoms with van der Waals surface area (Å²) in [6.45, 7) is 2.41. The Hall–Kier alpha value is -3.75. The number of halogens is 1. The van der Waals surface area contributed by atoms with Crippen molar-refractivity contribution in [3.8, 4) is 5.75 Å². The summed E-state index contributed by atoms with van der Waals surface area (Å²) in [5.74, 6) is -0.551. The van der Waals surface area contributed by atoms with Crippen molar-refractivity contribution in [3.05, 3.63) is 88.4 Å². The summed E-state index contributed by atoms with van der Waals surface area (Å²) in [6.07, 6.45) is 0. The van der Waals surface area contributed by atoms with Crippen LogP contribution in [0.3, 0.4) is 0 Å². The molecule has 166 valence electrons. The van der Waals surface area contributed by atoms with E-state index in [4.69, 9.17) is 28.6 Å². The Morgan fingerprint density at radius 1 is 1.00 bits per heavy atom. The third-order valence-electron chi connectivity index (χ3n) is 4.91. The molecule has 1 heterocycles. The molecule has 0 aliphatic carbocycles. The average Bonchev–Trinajstić information content (AvgIpc) is 3.06. The number of hydrogen-bond acceptors (Lipinski definition) is 5. The second-order valence-corrected chi connectivity index (χ2v) is 7.84. The zero-order chi connectivity index (χ0) is 23.5. The van der Waals surface area contributed by atoms with Gasteiger partial charge in [-0.2, -0.15) is 0 Å². The third kappa shape index (κ3) is 4.57. The van der Waals surface area contributed by atoms with Crippen LogP contribution in [-0.2, 0) is 0 Å². The molecule has 3 aromatic carbocycles. The Morgan fingerprint density at radius 3 is 2.21 bits per heavy atom.